The van der Waals surface area contributed by atoms with Gasteiger partial charge in [0.15, 0.2) is 0 Å². The molecular weight excluding hydrogens is 186 g/mol. The number of hydrogen-bond donors (Lipinski definition) is 2. The van der Waals surface area contributed by atoms with E-state index in [2.05, 4.69) is 26.1 Å². The number of hydrogen-bond acceptors (Lipinski definition) is 2. The summed E-state index contributed by atoms with van der Waals surface area (Å²) >= 11 is 0. The van der Waals surface area contributed by atoms with Gasteiger partial charge >= 0.3 is 0 Å². The molecule has 0 amide bonds. The Labute approximate surface area is 92.3 Å². The van der Waals surface area contributed by atoms with Crippen molar-refractivity contribution in [2.24, 2.45) is 5.41 Å². The van der Waals surface area contributed by atoms with Gasteiger partial charge < -0.3 is 10.4 Å². The molecule has 1 rings (SSSR count). The molecule has 2 heteroatoms. The molecule has 15 heavy (non-hydrogen) atoms. The highest BCUT2D eigenvalue weighted by atomic mass is 16.3. The molecule has 0 aliphatic carbocycles. The van der Waals surface area contributed by atoms with Gasteiger partial charge in [-0.15, -0.1) is 0 Å². The SMILES string of the molecule is CCNCC(C)(C)Cc1ccc(O)cc1. The average molecular weight is 207 g/mol. The standard InChI is InChI=1S/C13H21NO/c1-4-14-10-13(2,3)9-11-5-7-12(15)8-6-11/h5-8,14-15H,4,9-10H2,1-3H3. The van der Waals surface area contributed by atoms with Crippen LogP contribution in [-0.4, -0.2) is 18.2 Å². The summed E-state index contributed by atoms with van der Waals surface area (Å²) in [6, 6.07) is 7.48. The smallest absolute Gasteiger partial charge is 0.115 e. The molecule has 0 fully saturated rings. The predicted octanol–water partition coefficient (Wildman–Crippen LogP) is 2.57. The van der Waals surface area contributed by atoms with Crippen LogP contribution >= 0.6 is 0 Å². The van der Waals surface area contributed by atoms with Crippen LogP contribution in [0.1, 0.15) is 26.3 Å². The maximum atomic E-state index is 9.18. The van der Waals surface area contributed by atoms with E-state index in [1.54, 1.807) is 12.1 Å². The molecule has 0 saturated carbocycles. The first-order chi connectivity index (χ1) is 7.03. The molecule has 0 saturated heterocycles. The average Bonchev–Trinajstić information content (AvgIpc) is 2.18. The second-order valence-corrected chi connectivity index (χ2v) is 4.79. The molecule has 0 unspecified atom stereocenters. The van der Waals surface area contributed by atoms with Crippen LogP contribution in [0.25, 0.3) is 0 Å². The fourth-order valence-corrected chi connectivity index (χ4v) is 1.69. The van der Waals surface area contributed by atoms with E-state index in [1.807, 2.05) is 12.1 Å². The maximum Gasteiger partial charge on any atom is 0.115 e. The zero-order chi connectivity index (χ0) is 11.3. The van der Waals surface area contributed by atoms with Crippen molar-refractivity contribution in [1.82, 2.24) is 5.32 Å². The van der Waals surface area contributed by atoms with Crippen molar-refractivity contribution in [3.8, 4) is 5.75 Å². The number of aromatic hydroxyl groups is 1. The first-order valence-corrected chi connectivity index (χ1v) is 5.52. The number of phenols is 1. The highest BCUT2D eigenvalue weighted by Gasteiger charge is 2.17. The van der Waals surface area contributed by atoms with Crippen LogP contribution in [0.15, 0.2) is 24.3 Å². The lowest BCUT2D eigenvalue weighted by Gasteiger charge is -2.25. The Bertz CT molecular complexity index is 290. The molecule has 2 nitrogen and oxygen atoms in total. The van der Waals surface area contributed by atoms with Crippen molar-refractivity contribution in [2.45, 2.75) is 27.2 Å². The Kier molecular flexibility index (Phi) is 4.15. The van der Waals surface area contributed by atoms with Crippen LogP contribution in [0.4, 0.5) is 0 Å². The predicted molar refractivity (Wildman–Crippen MR) is 64.1 cm³/mol. The van der Waals surface area contributed by atoms with Crippen LogP contribution in [0.2, 0.25) is 0 Å². The molecule has 0 bridgehead atoms. The molecule has 1 aromatic carbocycles. The van der Waals surface area contributed by atoms with Gasteiger partial charge in [0.2, 0.25) is 0 Å². The van der Waals surface area contributed by atoms with Crippen LogP contribution in [0.3, 0.4) is 0 Å². The van der Waals surface area contributed by atoms with E-state index in [0.717, 1.165) is 19.5 Å². The summed E-state index contributed by atoms with van der Waals surface area (Å²) in [4.78, 5) is 0. The van der Waals surface area contributed by atoms with Crippen LogP contribution < -0.4 is 5.32 Å². The van der Waals surface area contributed by atoms with Crippen molar-refractivity contribution < 1.29 is 5.11 Å². The third kappa shape index (κ3) is 4.34. The van der Waals surface area contributed by atoms with E-state index in [4.69, 9.17) is 0 Å². The lowest BCUT2D eigenvalue weighted by molar-refractivity contribution is 0.342. The van der Waals surface area contributed by atoms with Gasteiger partial charge in [-0.25, -0.2) is 0 Å². The Hall–Kier alpha value is -1.02. The minimum atomic E-state index is 0.257. The molecular formula is C13H21NO. The molecule has 0 radical (unpaired) electrons. The van der Waals surface area contributed by atoms with E-state index < -0.39 is 0 Å². The van der Waals surface area contributed by atoms with Crippen LogP contribution in [-0.2, 0) is 6.42 Å². The van der Waals surface area contributed by atoms with Gasteiger partial charge in [0, 0.05) is 6.54 Å². The van der Waals surface area contributed by atoms with Gasteiger partial charge in [-0.1, -0.05) is 32.9 Å². The molecule has 0 heterocycles. The molecule has 0 atom stereocenters. The minimum absolute atomic E-state index is 0.257. The normalized spacial score (nSPS) is 11.7. The van der Waals surface area contributed by atoms with E-state index >= 15 is 0 Å². The lowest BCUT2D eigenvalue weighted by atomic mass is 9.85. The summed E-state index contributed by atoms with van der Waals surface area (Å²) < 4.78 is 0. The van der Waals surface area contributed by atoms with Crippen molar-refractivity contribution in [2.75, 3.05) is 13.1 Å². The van der Waals surface area contributed by atoms with Crippen molar-refractivity contribution in [3.05, 3.63) is 29.8 Å². The quantitative estimate of drug-likeness (QED) is 0.777. The largest absolute Gasteiger partial charge is 0.508 e. The molecule has 0 spiro atoms. The second-order valence-electron chi connectivity index (χ2n) is 4.79. The fraction of sp³-hybridized carbons (Fsp3) is 0.538. The summed E-state index contributed by atoms with van der Waals surface area (Å²) in [6.45, 7) is 8.66. The van der Waals surface area contributed by atoms with Gasteiger partial charge in [-0.3, -0.25) is 0 Å². The third-order valence-corrected chi connectivity index (χ3v) is 2.47. The molecule has 2 N–H and O–H groups in total. The maximum absolute atomic E-state index is 9.18. The van der Waals surface area contributed by atoms with Gasteiger partial charge in [0.05, 0.1) is 0 Å². The van der Waals surface area contributed by atoms with Crippen molar-refractivity contribution >= 4 is 0 Å². The monoisotopic (exact) mass is 207 g/mol. The van der Waals surface area contributed by atoms with Gasteiger partial charge in [0.1, 0.15) is 5.75 Å². The summed E-state index contributed by atoms with van der Waals surface area (Å²) in [5.74, 6) is 0.336. The molecule has 0 aromatic heterocycles. The Balaban J connectivity index is 2.56. The van der Waals surface area contributed by atoms with Gasteiger partial charge in [0.25, 0.3) is 0 Å². The number of benzene rings is 1. The van der Waals surface area contributed by atoms with E-state index in [9.17, 15) is 5.11 Å². The number of phenolic OH excluding ortho intramolecular Hbond substituents is 1. The zero-order valence-electron chi connectivity index (χ0n) is 9.88. The highest BCUT2D eigenvalue weighted by molar-refractivity contribution is 5.26. The van der Waals surface area contributed by atoms with E-state index in [1.165, 1.54) is 5.56 Å². The first kappa shape index (κ1) is 12.1. The Morgan fingerprint density at radius 3 is 2.33 bits per heavy atom. The van der Waals surface area contributed by atoms with E-state index in [0.29, 0.717) is 5.75 Å². The zero-order valence-corrected chi connectivity index (χ0v) is 9.88. The van der Waals surface area contributed by atoms with Crippen LogP contribution in [0, 0.1) is 5.41 Å². The number of rotatable bonds is 5. The fourth-order valence-electron chi connectivity index (χ4n) is 1.69. The topological polar surface area (TPSA) is 32.3 Å². The molecule has 0 aliphatic rings. The lowest BCUT2D eigenvalue weighted by Crippen LogP contribution is -2.30. The summed E-state index contributed by atoms with van der Waals surface area (Å²) in [5, 5.41) is 12.6. The van der Waals surface area contributed by atoms with Crippen LogP contribution in [0.5, 0.6) is 5.75 Å². The molecule has 1 aromatic rings. The summed E-state index contributed by atoms with van der Waals surface area (Å²) in [7, 11) is 0. The van der Waals surface area contributed by atoms with Gasteiger partial charge in [-0.2, -0.15) is 0 Å². The Morgan fingerprint density at radius 1 is 1.20 bits per heavy atom. The van der Waals surface area contributed by atoms with E-state index in [-0.39, 0.29) is 5.41 Å². The minimum Gasteiger partial charge on any atom is -0.508 e. The summed E-state index contributed by atoms with van der Waals surface area (Å²) in [5.41, 5.74) is 1.53. The number of nitrogens with one attached hydrogen (secondary N) is 1. The Morgan fingerprint density at radius 2 is 1.80 bits per heavy atom. The summed E-state index contributed by atoms with van der Waals surface area (Å²) in [6.07, 6.45) is 1.03. The van der Waals surface area contributed by atoms with Crippen molar-refractivity contribution in [3.63, 3.8) is 0 Å². The second kappa shape index (κ2) is 5.17. The van der Waals surface area contributed by atoms with Gasteiger partial charge in [-0.05, 0) is 36.1 Å². The van der Waals surface area contributed by atoms with Crippen molar-refractivity contribution in [1.29, 1.82) is 0 Å². The molecule has 84 valence electrons. The molecule has 0 aliphatic heterocycles. The first-order valence-electron chi connectivity index (χ1n) is 5.52. The highest BCUT2D eigenvalue weighted by Crippen LogP contribution is 2.22. The third-order valence-electron chi connectivity index (χ3n) is 2.47.